The van der Waals surface area contributed by atoms with Crippen molar-refractivity contribution in [3.05, 3.63) is 23.9 Å². The summed E-state index contributed by atoms with van der Waals surface area (Å²) in [6.07, 6.45) is 1.10. The fraction of sp³-hybridized carbons (Fsp3) is 0.385. The molecule has 18 heavy (non-hydrogen) atoms. The van der Waals surface area contributed by atoms with E-state index in [1.807, 2.05) is 0 Å². The van der Waals surface area contributed by atoms with Crippen molar-refractivity contribution in [2.24, 2.45) is 0 Å². The third kappa shape index (κ3) is 5.75. The minimum absolute atomic E-state index is 0.219. The molecule has 0 aliphatic heterocycles. The molecule has 0 aliphatic carbocycles. The Morgan fingerprint density at radius 3 is 2.89 bits per heavy atom. The molecule has 0 bridgehead atoms. The smallest absolute Gasteiger partial charge is 0.408 e. The number of ether oxygens (including phenoxy) is 1. The Bertz CT molecular complexity index is 481. The Hall–Kier alpha value is -2.22. The molecule has 1 amide bonds. The summed E-state index contributed by atoms with van der Waals surface area (Å²) in [7, 11) is 0. The highest BCUT2D eigenvalue weighted by Gasteiger charge is 2.14. The molecule has 3 N–H and O–H groups in total. The maximum Gasteiger partial charge on any atom is 0.408 e. The van der Waals surface area contributed by atoms with Crippen molar-refractivity contribution in [1.82, 2.24) is 10.3 Å². The third-order valence-corrected chi connectivity index (χ3v) is 1.73. The van der Waals surface area contributed by atoms with Crippen LogP contribution in [0.25, 0.3) is 0 Å². The summed E-state index contributed by atoms with van der Waals surface area (Å²) in [6, 6.07) is 3.41. The molecule has 0 fully saturated rings. The van der Waals surface area contributed by atoms with Crippen LogP contribution in [0.2, 0.25) is 0 Å². The van der Waals surface area contributed by atoms with Crippen LogP contribution in [-0.2, 0) is 4.74 Å². The molecule has 0 saturated heterocycles. The number of hydrogen-bond acceptors (Lipinski definition) is 4. The van der Waals surface area contributed by atoms with Crippen molar-refractivity contribution in [3.63, 3.8) is 0 Å². The second kappa shape index (κ2) is 5.92. The second-order valence-electron chi connectivity index (χ2n) is 4.63. The van der Waals surface area contributed by atoms with Gasteiger partial charge in [0.1, 0.15) is 11.4 Å². The van der Waals surface area contributed by atoms with Crippen LogP contribution >= 0.6 is 0 Å². The van der Waals surface area contributed by atoms with E-state index in [9.17, 15) is 4.79 Å². The van der Waals surface area contributed by atoms with Gasteiger partial charge >= 0.3 is 6.09 Å². The number of carbonyl (C=O) groups is 1. The zero-order chi connectivity index (χ0) is 13.6. The van der Waals surface area contributed by atoms with E-state index in [0.29, 0.717) is 5.82 Å². The van der Waals surface area contributed by atoms with Crippen LogP contribution < -0.4 is 11.1 Å². The van der Waals surface area contributed by atoms with Crippen molar-refractivity contribution in [1.29, 1.82) is 0 Å². The Labute approximate surface area is 107 Å². The lowest BCUT2D eigenvalue weighted by Gasteiger charge is -2.18. The number of nitrogen functional groups attached to an aromatic ring is 1. The topological polar surface area (TPSA) is 77.2 Å². The van der Waals surface area contributed by atoms with Crippen LogP contribution in [-0.4, -0.2) is 23.2 Å². The standard InChI is InChI=1S/C13H17N3O2/c1-13(2,3)18-12(17)16-7-4-5-10-6-8-15-11(14)9-10/h6,8-9H,7H2,1-3H3,(H2,14,15)(H,16,17). The minimum Gasteiger partial charge on any atom is -0.444 e. The first-order chi connectivity index (χ1) is 8.37. The summed E-state index contributed by atoms with van der Waals surface area (Å²) in [5, 5.41) is 2.54. The lowest BCUT2D eigenvalue weighted by molar-refractivity contribution is 0.0535. The minimum atomic E-state index is -0.503. The van der Waals surface area contributed by atoms with E-state index in [2.05, 4.69) is 22.1 Å². The summed E-state index contributed by atoms with van der Waals surface area (Å²) in [4.78, 5) is 15.1. The van der Waals surface area contributed by atoms with E-state index in [0.717, 1.165) is 5.56 Å². The van der Waals surface area contributed by atoms with Crippen molar-refractivity contribution in [3.8, 4) is 11.8 Å². The number of carbonyl (C=O) groups excluding carboxylic acids is 1. The maximum atomic E-state index is 11.3. The van der Waals surface area contributed by atoms with Gasteiger partial charge in [-0.2, -0.15) is 0 Å². The van der Waals surface area contributed by atoms with E-state index in [1.54, 1.807) is 39.1 Å². The van der Waals surface area contributed by atoms with Gasteiger partial charge in [-0.1, -0.05) is 11.8 Å². The molecule has 0 atom stereocenters. The number of alkyl carbamates (subject to hydrolysis) is 1. The number of rotatable bonds is 1. The number of pyridine rings is 1. The Morgan fingerprint density at radius 1 is 1.56 bits per heavy atom. The van der Waals surface area contributed by atoms with E-state index in [4.69, 9.17) is 10.5 Å². The van der Waals surface area contributed by atoms with Crippen LogP contribution in [0.15, 0.2) is 18.3 Å². The molecule has 0 unspecified atom stereocenters. The third-order valence-electron chi connectivity index (χ3n) is 1.73. The summed E-state index contributed by atoms with van der Waals surface area (Å²) >= 11 is 0. The molecule has 1 heterocycles. The molecule has 96 valence electrons. The number of hydrogen-bond donors (Lipinski definition) is 2. The molecular weight excluding hydrogens is 230 g/mol. The average Bonchev–Trinajstić information content (AvgIpc) is 2.22. The van der Waals surface area contributed by atoms with E-state index in [1.165, 1.54) is 0 Å². The van der Waals surface area contributed by atoms with Gasteiger partial charge in [0.25, 0.3) is 0 Å². The van der Waals surface area contributed by atoms with E-state index >= 15 is 0 Å². The first-order valence-corrected chi connectivity index (χ1v) is 5.54. The number of amides is 1. The number of aromatic nitrogens is 1. The van der Waals surface area contributed by atoms with Gasteiger partial charge in [-0.05, 0) is 32.9 Å². The highest BCUT2D eigenvalue weighted by atomic mass is 16.6. The largest absolute Gasteiger partial charge is 0.444 e. The predicted molar refractivity (Wildman–Crippen MR) is 69.8 cm³/mol. The highest BCUT2D eigenvalue weighted by molar-refractivity contribution is 5.68. The quantitative estimate of drug-likeness (QED) is 0.738. The lowest BCUT2D eigenvalue weighted by Crippen LogP contribution is -2.32. The highest BCUT2D eigenvalue weighted by Crippen LogP contribution is 2.06. The summed E-state index contributed by atoms with van der Waals surface area (Å²) in [5.74, 6) is 6.08. The van der Waals surface area contributed by atoms with E-state index in [-0.39, 0.29) is 6.54 Å². The van der Waals surface area contributed by atoms with Gasteiger partial charge in [-0.15, -0.1) is 0 Å². The van der Waals surface area contributed by atoms with Gasteiger partial charge in [-0.25, -0.2) is 9.78 Å². The summed E-state index contributed by atoms with van der Waals surface area (Å²) < 4.78 is 5.06. The number of anilines is 1. The van der Waals surface area contributed by atoms with Crippen molar-refractivity contribution < 1.29 is 9.53 Å². The van der Waals surface area contributed by atoms with Gasteiger partial charge in [-0.3, -0.25) is 0 Å². The van der Waals surface area contributed by atoms with Gasteiger partial charge in [0.05, 0.1) is 6.54 Å². The molecule has 0 aliphatic rings. The normalized spacial score (nSPS) is 10.2. The van der Waals surface area contributed by atoms with Gasteiger partial charge < -0.3 is 15.8 Å². The van der Waals surface area contributed by atoms with Crippen LogP contribution in [0.1, 0.15) is 26.3 Å². The van der Waals surface area contributed by atoms with E-state index < -0.39 is 11.7 Å². The molecule has 5 nitrogen and oxygen atoms in total. The monoisotopic (exact) mass is 247 g/mol. The number of nitrogens with two attached hydrogens (primary N) is 1. The Balaban J connectivity index is 2.41. The molecule has 0 spiro atoms. The van der Waals surface area contributed by atoms with Crippen molar-refractivity contribution >= 4 is 11.9 Å². The molecule has 0 saturated carbocycles. The number of nitrogens with zero attached hydrogens (tertiary/aromatic N) is 1. The predicted octanol–water partition coefficient (Wildman–Crippen LogP) is 1.54. The zero-order valence-electron chi connectivity index (χ0n) is 10.8. The van der Waals surface area contributed by atoms with Crippen molar-refractivity contribution in [2.75, 3.05) is 12.3 Å². The SMILES string of the molecule is CC(C)(C)OC(=O)NCC#Cc1ccnc(N)c1. The second-order valence-corrected chi connectivity index (χ2v) is 4.63. The van der Waals surface area contributed by atoms with Crippen LogP contribution in [0.3, 0.4) is 0 Å². The Kier molecular flexibility index (Phi) is 4.55. The maximum absolute atomic E-state index is 11.3. The fourth-order valence-corrected chi connectivity index (χ4v) is 1.10. The summed E-state index contributed by atoms with van der Waals surface area (Å²) in [5.41, 5.74) is 5.77. The molecular formula is C13H17N3O2. The molecule has 1 rings (SSSR count). The molecule has 0 aromatic carbocycles. The van der Waals surface area contributed by atoms with Crippen molar-refractivity contribution in [2.45, 2.75) is 26.4 Å². The van der Waals surface area contributed by atoms with Crippen LogP contribution in [0.5, 0.6) is 0 Å². The molecule has 5 heteroatoms. The number of nitrogens with one attached hydrogen (secondary N) is 1. The molecule has 1 aromatic heterocycles. The fourth-order valence-electron chi connectivity index (χ4n) is 1.10. The van der Waals surface area contributed by atoms with Gasteiger partial charge in [0, 0.05) is 11.8 Å². The zero-order valence-corrected chi connectivity index (χ0v) is 10.8. The van der Waals surface area contributed by atoms with Crippen LogP contribution in [0.4, 0.5) is 10.6 Å². The summed E-state index contributed by atoms with van der Waals surface area (Å²) in [6.45, 7) is 5.63. The van der Waals surface area contributed by atoms with Crippen LogP contribution in [0, 0.1) is 11.8 Å². The average molecular weight is 247 g/mol. The van der Waals surface area contributed by atoms with Gasteiger partial charge in [0.2, 0.25) is 0 Å². The lowest BCUT2D eigenvalue weighted by atomic mass is 10.2. The first-order valence-electron chi connectivity index (χ1n) is 5.54. The molecule has 0 radical (unpaired) electrons. The molecule has 1 aromatic rings. The van der Waals surface area contributed by atoms with Gasteiger partial charge in [0.15, 0.2) is 0 Å². The Morgan fingerprint density at radius 2 is 2.28 bits per heavy atom. The first kappa shape index (κ1) is 13.8.